The second kappa shape index (κ2) is 15.5. The third-order valence-corrected chi connectivity index (χ3v) is 13.2. The SMILES string of the molecule is CC(C)(C)c1ccc(N(C2=CCC(S(=O)(=O)c3ccc(N(c4ccc(C(C)(C)C)cc4)c4ccc(C(C)(C)C)cc4)cc3)C=C2)c2ccc(C(C)(C)C)cc2)cc1. The lowest BCUT2D eigenvalue weighted by Gasteiger charge is -2.30. The number of hydrogen-bond donors (Lipinski definition) is 0. The quantitative estimate of drug-likeness (QED) is 0.157. The molecule has 0 amide bonds. The van der Waals surface area contributed by atoms with Crippen LogP contribution in [-0.2, 0) is 31.5 Å². The van der Waals surface area contributed by atoms with Crippen molar-refractivity contribution in [2.24, 2.45) is 0 Å². The van der Waals surface area contributed by atoms with Gasteiger partial charge in [0.2, 0.25) is 0 Å². The first-order chi connectivity index (χ1) is 26.5. The molecule has 0 spiro atoms. The van der Waals surface area contributed by atoms with E-state index in [9.17, 15) is 8.42 Å². The lowest BCUT2D eigenvalue weighted by molar-refractivity contribution is 0.587. The molecule has 4 nitrogen and oxygen atoms in total. The van der Waals surface area contributed by atoms with Gasteiger partial charge in [0.25, 0.3) is 0 Å². The fourth-order valence-corrected chi connectivity index (χ4v) is 8.78. The average molecular weight is 779 g/mol. The summed E-state index contributed by atoms with van der Waals surface area (Å²) in [5.41, 5.74) is 11.1. The number of rotatable bonds is 8. The van der Waals surface area contributed by atoms with Gasteiger partial charge in [-0.25, -0.2) is 8.42 Å². The van der Waals surface area contributed by atoms with Gasteiger partial charge in [-0.2, -0.15) is 0 Å². The highest BCUT2D eigenvalue weighted by Gasteiger charge is 2.29. The van der Waals surface area contributed by atoms with Crippen LogP contribution in [0.4, 0.5) is 28.4 Å². The molecule has 0 radical (unpaired) electrons. The zero-order chi connectivity index (χ0) is 41.6. The summed E-state index contributed by atoms with van der Waals surface area (Å²) in [6, 6.07) is 42.2. The molecule has 1 atom stereocenters. The van der Waals surface area contributed by atoms with Crippen molar-refractivity contribution < 1.29 is 8.42 Å². The van der Waals surface area contributed by atoms with Crippen LogP contribution in [0.2, 0.25) is 0 Å². The lowest BCUT2D eigenvalue weighted by Crippen LogP contribution is -2.24. The lowest BCUT2D eigenvalue weighted by atomic mass is 9.86. The first-order valence-corrected chi connectivity index (χ1v) is 21.8. The van der Waals surface area contributed by atoms with Crippen molar-refractivity contribution in [1.82, 2.24) is 0 Å². The van der Waals surface area contributed by atoms with E-state index in [2.05, 4.69) is 196 Å². The van der Waals surface area contributed by atoms with Gasteiger partial charge in [-0.3, -0.25) is 0 Å². The first kappa shape index (κ1) is 41.8. The Morgan fingerprint density at radius 2 is 0.702 bits per heavy atom. The molecule has 6 rings (SSSR count). The number of anilines is 5. The molecule has 5 aromatic carbocycles. The second-order valence-corrected chi connectivity index (χ2v) is 21.8. The molecule has 5 aromatic rings. The Morgan fingerprint density at radius 1 is 0.421 bits per heavy atom. The van der Waals surface area contributed by atoms with Gasteiger partial charge in [0.15, 0.2) is 9.84 Å². The van der Waals surface area contributed by atoms with E-state index in [0.717, 1.165) is 34.1 Å². The zero-order valence-electron chi connectivity index (χ0n) is 36.2. The van der Waals surface area contributed by atoms with Crippen molar-refractivity contribution in [3.05, 3.63) is 168 Å². The van der Waals surface area contributed by atoms with Gasteiger partial charge < -0.3 is 9.80 Å². The van der Waals surface area contributed by atoms with E-state index in [1.807, 2.05) is 24.3 Å². The van der Waals surface area contributed by atoms with Crippen LogP contribution in [0.5, 0.6) is 0 Å². The van der Waals surface area contributed by atoms with Crippen LogP contribution >= 0.6 is 0 Å². The highest BCUT2D eigenvalue weighted by molar-refractivity contribution is 7.92. The third-order valence-electron chi connectivity index (χ3n) is 11.1. The van der Waals surface area contributed by atoms with E-state index in [-0.39, 0.29) is 21.7 Å². The molecule has 0 heterocycles. The van der Waals surface area contributed by atoms with Crippen LogP contribution in [0.15, 0.2) is 150 Å². The van der Waals surface area contributed by atoms with Crippen LogP contribution in [-0.4, -0.2) is 13.7 Å². The summed E-state index contributed by atoms with van der Waals surface area (Å²) in [7, 11) is -3.67. The van der Waals surface area contributed by atoms with Gasteiger partial charge in [0, 0.05) is 34.1 Å². The fraction of sp³-hybridized carbons (Fsp3) is 0.346. The number of benzene rings is 5. The van der Waals surface area contributed by atoms with Gasteiger partial charge in [0.1, 0.15) is 0 Å². The third kappa shape index (κ3) is 9.31. The van der Waals surface area contributed by atoms with Gasteiger partial charge in [-0.05, 0) is 129 Å². The van der Waals surface area contributed by atoms with E-state index in [1.54, 1.807) is 12.1 Å². The summed E-state index contributed by atoms with van der Waals surface area (Å²) in [4.78, 5) is 4.74. The normalized spacial score (nSPS) is 15.3. The van der Waals surface area contributed by atoms with E-state index in [1.165, 1.54) is 22.3 Å². The number of nitrogens with zero attached hydrogens (tertiary/aromatic N) is 2. The smallest absolute Gasteiger partial charge is 0.185 e. The standard InChI is InChI=1S/C52H62N2O2S/c1-49(2,3)37-13-21-41(22-14-37)53(42-23-15-38(16-24-42)50(4,5)6)45-29-33-47(34-30-45)57(55,56)48-35-31-46(32-36-48)54(43-25-17-39(18-26-43)51(7,8)9)44-27-19-40(20-28-44)52(10,11)12/h13-35,48H,36H2,1-12H3. The Hall–Kier alpha value is -4.87. The minimum Gasteiger partial charge on any atom is -0.311 e. The summed E-state index contributed by atoms with van der Waals surface area (Å²) in [5.74, 6) is 0. The molecule has 0 aliphatic heterocycles. The predicted octanol–water partition coefficient (Wildman–Crippen LogP) is 14.2. The molecule has 1 aliphatic carbocycles. The Kier molecular flexibility index (Phi) is 11.3. The Bertz CT molecular complexity index is 2210. The highest BCUT2D eigenvalue weighted by Crippen LogP contribution is 2.39. The van der Waals surface area contributed by atoms with Gasteiger partial charge in [0.05, 0.1) is 10.1 Å². The number of hydrogen-bond acceptors (Lipinski definition) is 4. The fourth-order valence-electron chi connectivity index (χ4n) is 7.28. The van der Waals surface area contributed by atoms with Crippen LogP contribution < -0.4 is 9.80 Å². The first-order valence-electron chi connectivity index (χ1n) is 20.3. The van der Waals surface area contributed by atoms with Crippen molar-refractivity contribution >= 4 is 38.3 Å². The van der Waals surface area contributed by atoms with Crippen LogP contribution in [0.3, 0.4) is 0 Å². The van der Waals surface area contributed by atoms with Crippen molar-refractivity contribution in [2.45, 2.75) is 121 Å². The largest absolute Gasteiger partial charge is 0.311 e. The minimum absolute atomic E-state index is 0.0327. The van der Waals surface area contributed by atoms with E-state index < -0.39 is 15.1 Å². The molecule has 0 aromatic heterocycles. The van der Waals surface area contributed by atoms with Gasteiger partial charge in [-0.1, -0.05) is 144 Å². The van der Waals surface area contributed by atoms with E-state index in [0.29, 0.717) is 11.3 Å². The minimum atomic E-state index is -3.67. The molecule has 0 fully saturated rings. The molecular formula is C52H62N2O2S. The summed E-state index contributed by atoms with van der Waals surface area (Å²) in [6.07, 6.45) is 6.27. The monoisotopic (exact) mass is 778 g/mol. The van der Waals surface area contributed by atoms with Crippen LogP contribution in [0, 0.1) is 0 Å². The second-order valence-electron chi connectivity index (χ2n) is 19.7. The van der Waals surface area contributed by atoms with Crippen molar-refractivity contribution in [1.29, 1.82) is 0 Å². The predicted molar refractivity (Wildman–Crippen MR) is 244 cm³/mol. The average Bonchev–Trinajstić information content (AvgIpc) is 3.15. The number of sulfone groups is 1. The maximum atomic E-state index is 14.2. The Balaban J connectivity index is 1.29. The Labute approximate surface area is 343 Å². The maximum absolute atomic E-state index is 14.2. The molecule has 298 valence electrons. The molecule has 57 heavy (non-hydrogen) atoms. The van der Waals surface area contributed by atoms with Crippen LogP contribution in [0.1, 0.15) is 112 Å². The maximum Gasteiger partial charge on any atom is 0.185 e. The van der Waals surface area contributed by atoms with Gasteiger partial charge >= 0.3 is 0 Å². The Morgan fingerprint density at radius 3 is 0.965 bits per heavy atom. The van der Waals surface area contributed by atoms with E-state index >= 15 is 0 Å². The van der Waals surface area contributed by atoms with E-state index in [4.69, 9.17) is 0 Å². The van der Waals surface area contributed by atoms with Crippen LogP contribution in [0.25, 0.3) is 0 Å². The molecule has 5 heteroatoms. The molecule has 0 N–H and O–H groups in total. The molecule has 0 saturated carbocycles. The summed E-state index contributed by atoms with van der Waals surface area (Å²) in [6.45, 7) is 26.6. The van der Waals surface area contributed by atoms with Crippen molar-refractivity contribution in [3.8, 4) is 0 Å². The van der Waals surface area contributed by atoms with Crippen molar-refractivity contribution in [3.63, 3.8) is 0 Å². The molecule has 0 saturated heterocycles. The summed E-state index contributed by atoms with van der Waals surface area (Å²) < 4.78 is 28.5. The summed E-state index contributed by atoms with van der Waals surface area (Å²) >= 11 is 0. The molecule has 1 aliphatic rings. The molecule has 1 unspecified atom stereocenters. The summed E-state index contributed by atoms with van der Waals surface area (Å²) in [5, 5.41) is -0.675. The zero-order valence-corrected chi connectivity index (χ0v) is 37.0. The van der Waals surface area contributed by atoms with Crippen molar-refractivity contribution in [2.75, 3.05) is 9.80 Å². The van der Waals surface area contributed by atoms with Gasteiger partial charge in [-0.15, -0.1) is 0 Å². The molecule has 0 bridgehead atoms. The highest BCUT2D eigenvalue weighted by atomic mass is 32.2. The topological polar surface area (TPSA) is 40.6 Å². The number of allylic oxidation sites excluding steroid dienone is 2. The molecular weight excluding hydrogens is 717 g/mol.